The highest BCUT2D eigenvalue weighted by atomic mass is 16.2. The first-order valence-electron chi connectivity index (χ1n) is 9.24. The van der Waals surface area contributed by atoms with E-state index in [0.717, 1.165) is 5.56 Å². The van der Waals surface area contributed by atoms with Gasteiger partial charge >= 0.3 is 0 Å². The summed E-state index contributed by atoms with van der Waals surface area (Å²) < 4.78 is 0. The molecular weight excluding hydrogens is 356 g/mol. The van der Waals surface area contributed by atoms with E-state index in [4.69, 9.17) is 0 Å². The van der Waals surface area contributed by atoms with Crippen molar-refractivity contribution >= 4 is 29.1 Å². The molecule has 7 nitrogen and oxygen atoms in total. The molecule has 0 atom stereocenters. The van der Waals surface area contributed by atoms with Crippen LogP contribution in [0, 0.1) is 5.41 Å². The molecule has 0 radical (unpaired) electrons. The molecule has 0 spiro atoms. The normalized spacial score (nSPS) is 14.1. The van der Waals surface area contributed by atoms with Gasteiger partial charge in [0.1, 0.15) is 5.41 Å². The maximum absolute atomic E-state index is 12.9. The van der Waals surface area contributed by atoms with Crippen LogP contribution in [0.3, 0.4) is 0 Å². The Kier molecular flexibility index (Phi) is 5.73. The maximum Gasteiger partial charge on any atom is 0.240 e. The summed E-state index contributed by atoms with van der Waals surface area (Å²) >= 11 is 0. The van der Waals surface area contributed by atoms with E-state index in [1.54, 1.807) is 48.6 Å². The van der Waals surface area contributed by atoms with Crippen molar-refractivity contribution in [2.75, 3.05) is 24.2 Å². The number of rotatable bonds is 7. The van der Waals surface area contributed by atoms with Crippen LogP contribution in [0.15, 0.2) is 48.8 Å². The first kappa shape index (κ1) is 19.5. The molecule has 3 rings (SSSR count). The smallest absolute Gasteiger partial charge is 0.240 e. The van der Waals surface area contributed by atoms with E-state index in [0.29, 0.717) is 37.2 Å². The summed E-state index contributed by atoms with van der Waals surface area (Å²) in [5.41, 5.74) is 1.38. The Bertz CT molecular complexity index is 861. The summed E-state index contributed by atoms with van der Waals surface area (Å²) in [5.74, 6) is -0.580. The van der Waals surface area contributed by atoms with Gasteiger partial charge in [0.25, 0.3) is 0 Å². The van der Waals surface area contributed by atoms with Crippen molar-refractivity contribution in [2.45, 2.75) is 26.2 Å². The largest absolute Gasteiger partial charge is 0.344 e. The van der Waals surface area contributed by atoms with Crippen molar-refractivity contribution in [3.05, 3.63) is 54.4 Å². The van der Waals surface area contributed by atoms with E-state index in [9.17, 15) is 14.4 Å². The fourth-order valence-electron chi connectivity index (χ4n) is 3.07. The van der Waals surface area contributed by atoms with Gasteiger partial charge in [0.15, 0.2) is 0 Å². The SMILES string of the molecule is CC(=O)Nc1ccc(NC(=O)C2(C(=O)N(C)CCc3ccncc3)CC2)cc1. The number of amides is 3. The molecule has 1 aromatic carbocycles. The van der Waals surface area contributed by atoms with Gasteiger partial charge in [-0.2, -0.15) is 0 Å². The Morgan fingerprint density at radius 2 is 1.57 bits per heavy atom. The third kappa shape index (κ3) is 4.54. The number of carbonyl (C=O) groups is 3. The Labute approximate surface area is 164 Å². The molecule has 2 aromatic rings. The highest BCUT2D eigenvalue weighted by Crippen LogP contribution is 2.48. The quantitative estimate of drug-likeness (QED) is 0.722. The first-order chi connectivity index (χ1) is 13.4. The molecule has 7 heteroatoms. The van der Waals surface area contributed by atoms with Crippen LogP contribution in [0.2, 0.25) is 0 Å². The van der Waals surface area contributed by atoms with Crippen molar-refractivity contribution in [3.63, 3.8) is 0 Å². The molecule has 146 valence electrons. The Morgan fingerprint density at radius 1 is 1.00 bits per heavy atom. The van der Waals surface area contributed by atoms with Gasteiger partial charge in [0, 0.05) is 44.3 Å². The Hall–Kier alpha value is -3.22. The van der Waals surface area contributed by atoms with Crippen LogP contribution in [-0.2, 0) is 20.8 Å². The second kappa shape index (κ2) is 8.21. The van der Waals surface area contributed by atoms with Gasteiger partial charge in [-0.1, -0.05) is 0 Å². The van der Waals surface area contributed by atoms with Crippen molar-refractivity contribution in [1.82, 2.24) is 9.88 Å². The molecule has 0 saturated heterocycles. The topological polar surface area (TPSA) is 91.4 Å². The third-order valence-electron chi connectivity index (χ3n) is 4.89. The van der Waals surface area contributed by atoms with Gasteiger partial charge in [-0.15, -0.1) is 0 Å². The summed E-state index contributed by atoms with van der Waals surface area (Å²) in [7, 11) is 1.74. The lowest BCUT2D eigenvalue weighted by Gasteiger charge is -2.23. The number of aromatic nitrogens is 1. The minimum Gasteiger partial charge on any atom is -0.344 e. The fraction of sp³-hybridized carbons (Fsp3) is 0.333. The van der Waals surface area contributed by atoms with E-state index in [-0.39, 0.29) is 17.7 Å². The number of benzene rings is 1. The molecule has 0 unspecified atom stereocenters. The standard InChI is InChI=1S/C21H24N4O3/c1-15(26)23-17-3-5-18(6-4-17)24-19(27)21(10-11-21)20(28)25(2)14-9-16-7-12-22-13-8-16/h3-8,12-13H,9-11,14H2,1-2H3,(H,23,26)(H,24,27). The van der Waals surface area contributed by atoms with Crippen molar-refractivity contribution < 1.29 is 14.4 Å². The van der Waals surface area contributed by atoms with Crippen LogP contribution in [0.25, 0.3) is 0 Å². The lowest BCUT2D eigenvalue weighted by molar-refractivity contribution is -0.141. The first-order valence-corrected chi connectivity index (χ1v) is 9.24. The molecule has 0 bridgehead atoms. The van der Waals surface area contributed by atoms with Gasteiger partial charge < -0.3 is 15.5 Å². The van der Waals surface area contributed by atoms with E-state index in [1.807, 2.05) is 12.1 Å². The summed E-state index contributed by atoms with van der Waals surface area (Å²) in [6.45, 7) is 1.98. The molecule has 1 aliphatic rings. The summed E-state index contributed by atoms with van der Waals surface area (Å²) in [6.07, 6.45) is 5.28. The molecule has 28 heavy (non-hydrogen) atoms. The molecular formula is C21H24N4O3. The van der Waals surface area contributed by atoms with Gasteiger partial charge in [0.2, 0.25) is 17.7 Å². The zero-order chi connectivity index (χ0) is 20.1. The van der Waals surface area contributed by atoms with Gasteiger partial charge in [0.05, 0.1) is 0 Å². The van der Waals surface area contributed by atoms with E-state index in [1.165, 1.54) is 6.92 Å². The predicted molar refractivity (Wildman–Crippen MR) is 107 cm³/mol. The predicted octanol–water partition coefficient (Wildman–Crippen LogP) is 2.46. The molecule has 1 fully saturated rings. The molecule has 1 heterocycles. The maximum atomic E-state index is 12.9. The second-order valence-electron chi connectivity index (χ2n) is 7.13. The van der Waals surface area contributed by atoms with Gasteiger partial charge in [-0.25, -0.2) is 0 Å². The third-order valence-corrected chi connectivity index (χ3v) is 4.89. The number of hydrogen-bond donors (Lipinski definition) is 2. The minimum absolute atomic E-state index is 0.145. The zero-order valence-electron chi connectivity index (χ0n) is 16.1. The molecule has 1 saturated carbocycles. The number of carbonyl (C=O) groups excluding carboxylic acids is 3. The lowest BCUT2D eigenvalue weighted by Crippen LogP contribution is -2.41. The van der Waals surface area contributed by atoms with Crippen molar-refractivity contribution in [2.24, 2.45) is 5.41 Å². The molecule has 1 aromatic heterocycles. The van der Waals surface area contributed by atoms with Crippen LogP contribution in [0.4, 0.5) is 11.4 Å². The number of pyridine rings is 1. The zero-order valence-corrected chi connectivity index (χ0v) is 16.1. The van der Waals surface area contributed by atoms with E-state index >= 15 is 0 Å². The van der Waals surface area contributed by atoms with Crippen molar-refractivity contribution in [3.8, 4) is 0 Å². The summed E-state index contributed by atoms with van der Waals surface area (Å²) in [6, 6.07) is 10.7. The van der Waals surface area contributed by atoms with Gasteiger partial charge in [-0.05, 0) is 61.2 Å². The number of nitrogens with zero attached hydrogens (tertiary/aromatic N) is 2. The van der Waals surface area contributed by atoms with Gasteiger partial charge in [-0.3, -0.25) is 19.4 Å². The number of likely N-dealkylation sites (N-methyl/N-ethyl adjacent to an activating group) is 1. The molecule has 2 N–H and O–H groups in total. The minimum atomic E-state index is -0.969. The van der Waals surface area contributed by atoms with Crippen LogP contribution in [-0.4, -0.2) is 41.2 Å². The molecule has 1 aliphatic carbocycles. The number of nitrogens with one attached hydrogen (secondary N) is 2. The Morgan fingerprint density at radius 3 is 2.11 bits per heavy atom. The summed E-state index contributed by atoms with van der Waals surface area (Å²) in [5, 5.41) is 5.50. The fourth-order valence-corrected chi connectivity index (χ4v) is 3.07. The number of anilines is 2. The van der Waals surface area contributed by atoms with Crippen LogP contribution in [0.1, 0.15) is 25.3 Å². The van der Waals surface area contributed by atoms with Crippen LogP contribution < -0.4 is 10.6 Å². The van der Waals surface area contributed by atoms with Crippen molar-refractivity contribution in [1.29, 1.82) is 0 Å². The van der Waals surface area contributed by atoms with E-state index < -0.39 is 5.41 Å². The highest BCUT2D eigenvalue weighted by molar-refractivity contribution is 6.13. The average molecular weight is 380 g/mol. The Balaban J connectivity index is 1.58. The summed E-state index contributed by atoms with van der Waals surface area (Å²) in [4.78, 5) is 42.3. The van der Waals surface area contributed by atoms with Crippen LogP contribution in [0.5, 0.6) is 0 Å². The monoisotopic (exact) mass is 380 g/mol. The lowest BCUT2D eigenvalue weighted by atomic mass is 10.0. The molecule has 3 amide bonds. The van der Waals surface area contributed by atoms with Crippen LogP contribution >= 0.6 is 0 Å². The highest BCUT2D eigenvalue weighted by Gasteiger charge is 2.57. The van der Waals surface area contributed by atoms with E-state index in [2.05, 4.69) is 15.6 Å². The average Bonchev–Trinajstić information content (AvgIpc) is 3.49. The molecule has 0 aliphatic heterocycles. The number of hydrogen-bond acceptors (Lipinski definition) is 4. The second-order valence-corrected chi connectivity index (χ2v) is 7.13.